The van der Waals surface area contributed by atoms with Gasteiger partial charge in [-0.1, -0.05) is 30.3 Å². The summed E-state index contributed by atoms with van der Waals surface area (Å²) in [6, 6.07) is 14.4. The minimum atomic E-state index is -0.544. The number of amides is 1. The van der Waals surface area contributed by atoms with E-state index in [9.17, 15) is 4.79 Å². The van der Waals surface area contributed by atoms with Gasteiger partial charge in [0, 0.05) is 26.2 Å². The molecule has 0 unspecified atom stereocenters. The molecule has 1 heterocycles. The molecule has 1 amide bonds. The Labute approximate surface area is 167 Å². The van der Waals surface area contributed by atoms with E-state index >= 15 is 0 Å². The smallest absolute Gasteiger partial charge is 0.261 e. The van der Waals surface area contributed by atoms with E-state index in [-0.39, 0.29) is 5.91 Å². The molecule has 2 aromatic carbocycles. The summed E-state index contributed by atoms with van der Waals surface area (Å²) >= 11 is 0. The summed E-state index contributed by atoms with van der Waals surface area (Å²) in [4.78, 5) is 14.8. The Morgan fingerprint density at radius 3 is 2.50 bits per heavy atom. The van der Waals surface area contributed by atoms with Crippen molar-refractivity contribution in [2.45, 2.75) is 40.0 Å². The normalized spacial score (nSPS) is 15.8. The highest BCUT2D eigenvalue weighted by atomic mass is 16.5. The third-order valence-electron chi connectivity index (χ3n) is 4.85. The fraction of sp³-hybridized carbons (Fsp3) is 0.435. The van der Waals surface area contributed by atoms with Crippen molar-refractivity contribution in [2.75, 3.05) is 26.3 Å². The number of benzene rings is 2. The molecule has 0 bridgehead atoms. The first kappa shape index (κ1) is 20.4. The van der Waals surface area contributed by atoms with E-state index in [1.54, 1.807) is 6.92 Å². The van der Waals surface area contributed by atoms with Gasteiger partial charge in [-0.15, -0.1) is 0 Å². The second kappa shape index (κ2) is 9.71. The Morgan fingerprint density at radius 2 is 1.79 bits per heavy atom. The Balaban J connectivity index is 1.51. The van der Waals surface area contributed by atoms with Crippen LogP contribution in [0.3, 0.4) is 0 Å². The molecular weight excluding hydrogens is 352 g/mol. The van der Waals surface area contributed by atoms with Crippen LogP contribution >= 0.6 is 0 Å². The molecule has 0 spiro atoms. The van der Waals surface area contributed by atoms with Crippen LogP contribution in [0.25, 0.3) is 0 Å². The van der Waals surface area contributed by atoms with E-state index in [4.69, 9.17) is 9.47 Å². The van der Waals surface area contributed by atoms with E-state index in [0.29, 0.717) is 6.54 Å². The summed E-state index contributed by atoms with van der Waals surface area (Å²) in [5.74, 6) is 0.616. The van der Waals surface area contributed by atoms with Gasteiger partial charge >= 0.3 is 0 Å². The maximum absolute atomic E-state index is 12.4. The molecule has 5 nitrogen and oxygen atoms in total. The van der Waals surface area contributed by atoms with Gasteiger partial charge in [0.1, 0.15) is 5.75 Å². The predicted octanol–water partition coefficient (Wildman–Crippen LogP) is 3.22. The summed E-state index contributed by atoms with van der Waals surface area (Å²) in [7, 11) is 0. The molecule has 0 aromatic heterocycles. The monoisotopic (exact) mass is 382 g/mol. The van der Waals surface area contributed by atoms with Crippen molar-refractivity contribution in [1.29, 1.82) is 0 Å². The molecule has 1 fully saturated rings. The molecule has 1 atom stereocenters. The van der Waals surface area contributed by atoms with Crippen LogP contribution in [0.2, 0.25) is 0 Å². The van der Waals surface area contributed by atoms with Gasteiger partial charge < -0.3 is 14.8 Å². The second-order valence-electron chi connectivity index (χ2n) is 7.51. The quantitative estimate of drug-likeness (QED) is 0.799. The lowest BCUT2D eigenvalue weighted by Crippen LogP contribution is -2.36. The Kier molecular flexibility index (Phi) is 7.06. The fourth-order valence-electron chi connectivity index (χ4n) is 3.45. The van der Waals surface area contributed by atoms with Crippen LogP contribution in [0.4, 0.5) is 0 Å². The van der Waals surface area contributed by atoms with E-state index < -0.39 is 6.10 Å². The average Bonchev–Trinajstić information content (AvgIpc) is 2.66. The highest BCUT2D eigenvalue weighted by Crippen LogP contribution is 2.17. The van der Waals surface area contributed by atoms with Crippen LogP contribution in [-0.4, -0.2) is 43.2 Å². The van der Waals surface area contributed by atoms with Gasteiger partial charge in [0.05, 0.1) is 13.2 Å². The summed E-state index contributed by atoms with van der Waals surface area (Å²) in [5.41, 5.74) is 4.60. The number of hydrogen-bond acceptors (Lipinski definition) is 4. The van der Waals surface area contributed by atoms with Gasteiger partial charge in [-0.25, -0.2) is 0 Å². The number of nitrogens with one attached hydrogen (secondary N) is 1. The molecule has 3 rings (SSSR count). The zero-order valence-corrected chi connectivity index (χ0v) is 17.0. The van der Waals surface area contributed by atoms with Crippen molar-refractivity contribution >= 4 is 5.91 Å². The van der Waals surface area contributed by atoms with Crippen molar-refractivity contribution in [3.05, 3.63) is 64.7 Å². The number of hydrogen-bond donors (Lipinski definition) is 1. The van der Waals surface area contributed by atoms with Crippen LogP contribution in [-0.2, 0) is 22.6 Å². The maximum Gasteiger partial charge on any atom is 0.261 e. The van der Waals surface area contributed by atoms with Crippen molar-refractivity contribution in [3.63, 3.8) is 0 Å². The summed E-state index contributed by atoms with van der Waals surface area (Å²) in [5, 5.41) is 2.98. The van der Waals surface area contributed by atoms with Gasteiger partial charge in [-0.05, 0) is 55.2 Å². The molecule has 2 aromatic rings. The van der Waals surface area contributed by atoms with Gasteiger partial charge in [0.2, 0.25) is 0 Å². The zero-order valence-electron chi connectivity index (χ0n) is 17.0. The largest absolute Gasteiger partial charge is 0.481 e. The highest BCUT2D eigenvalue weighted by Gasteiger charge is 2.15. The van der Waals surface area contributed by atoms with Crippen LogP contribution in [0.15, 0.2) is 42.5 Å². The molecule has 1 N–H and O–H groups in total. The van der Waals surface area contributed by atoms with E-state index in [2.05, 4.69) is 28.4 Å². The Hall–Kier alpha value is -2.37. The van der Waals surface area contributed by atoms with E-state index in [1.165, 1.54) is 5.56 Å². The van der Waals surface area contributed by atoms with Gasteiger partial charge in [-0.3, -0.25) is 9.69 Å². The number of carbonyl (C=O) groups is 1. The van der Waals surface area contributed by atoms with E-state index in [1.807, 2.05) is 38.1 Å². The zero-order chi connectivity index (χ0) is 19.9. The fourth-order valence-corrected chi connectivity index (χ4v) is 3.45. The van der Waals surface area contributed by atoms with Crippen LogP contribution in [0.1, 0.15) is 29.2 Å². The molecule has 150 valence electrons. The van der Waals surface area contributed by atoms with Gasteiger partial charge in [0.15, 0.2) is 6.10 Å². The highest BCUT2D eigenvalue weighted by molar-refractivity contribution is 5.80. The summed E-state index contributed by atoms with van der Waals surface area (Å²) < 4.78 is 11.2. The maximum atomic E-state index is 12.4. The van der Waals surface area contributed by atoms with Crippen molar-refractivity contribution in [3.8, 4) is 5.75 Å². The minimum Gasteiger partial charge on any atom is -0.481 e. The second-order valence-corrected chi connectivity index (χ2v) is 7.51. The van der Waals surface area contributed by atoms with Crippen LogP contribution in [0.5, 0.6) is 5.75 Å². The first-order valence-electron chi connectivity index (χ1n) is 9.90. The van der Waals surface area contributed by atoms with Crippen LogP contribution in [0, 0.1) is 13.8 Å². The Bertz CT molecular complexity index is 780. The third-order valence-corrected chi connectivity index (χ3v) is 4.85. The number of morpholine rings is 1. The van der Waals surface area contributed by atoms with Gasteiger partial charge in [-0.2, -0.15) is 0 Å². The molecule has 5 heteroatoms. The number of nitrogens with zero attached hydrogens (tertiary/aromatic N) is 1. The number of ether oxygens (including phenoxy) is 2. The molecule has 28 heavy (non-hydrogen) atoms. The molecule has 0 radical (unpaired) electrons. The molecule has 1 aliphatic rings. The van der Waals surface area contributed by atoms with Crippen molar-refractivity contribution in [2.24, 2.45) is 0 Å². The number of rotatable bonds is 7. The summed E-state index contributed by atoms with van der Waals surface area (Å²) in [6.45, 7) is 10.8. The SMILES string of the molecule is Cc1cc(C)cc(O[C@H](C)C(=O)NCc2cccc(CN3CCOCC3)c2)c1. The predicted molar refractivity (Wildman–Crippen MR) is 110 cm³/mol. The lowest BCUT2D eigenvalue weighted by molar-refractivity contribution is -0.127. The summed E-state index contributed by atoms with van der Waals surface area (Å²) in [6.07, 6.45) is -0.544. The minimum absolute atomic E-state index is 0.113. The van der Waals surface area contributed by atoms with Crippen molar-refractivity contribution < 1.29 is 14.3 Å². The lowest BCUT2D eigenvalue weighted by atomic mass is 10.1. The first-order valence-corrected chi connectivity index (χ1v) is 9.90. The molecule has 0 saturated carbocycles. The lowest BCUT2D eigenvalue weighted by Gasteiger charge is -2.26. The average molecular weight is 383 g/mol. The van der Waals surface area contributed by atoms with E-state index in [0.717, 1.165) is 55.3 Å². The third kappa shape index (κ3) is 6.08. The molecule has 1 saturated heterocycles. The standard InChI is InChI=1S/C23H30N2O3/c1-17-11-18(2)13-22(12-17)28-19(3)23(26)24-15-20-5-4-6-21(14-20)16-25-7-9-27-10-8-25/h4-6,11-14,19H,7-10,15-16H2,1-3H3,(H,24,26)/t19-/m1/s1. The topological polar surface area (TPSA) is 50.8 Å². The van der Waals surface area contributed by atoms with Gasteiger partial charge in [0.25, 0.3) is 5.91 Å². The van der Waals surface area contributed by atoms with Crippen LogP contribution < -0.4 is 10.1 Å². The molecule has 1 aliphatic heterocycles. The number of aryl methyl sites for hydroxylation is 2. The Morgan fingerprint density at radius 1 is 1.11 bits per heavy atom. The molecule has 0 aliphatic carbocycles. The van der Waals surface area contributed by atoms with Crippen molar-refractivity contribution in [1.82, 2.24) is 10.2 Å². The number of carbonyl (C=O) groups excluding carboxylic acids is 1. The molecular formula is C23H30N2O3. The first-order chi connectivity index (χ1) is 13.5.